The number of aromatic nitrogens is 1. The van der Waals surface area contributed by atoms with Crippen LogP contribution < -0.4 is 0 Å². The molecule has 0 radical (unpaired) electrons. The van der Waals surface area contributed by atoms with Gasteiger partial charge in [0.25, 0.3) is 0 Å². The van der Waals surface area contributed by atoms with Gasteiger partial charge in [-0.15, -0.1) is 0 Å². The minimum Gasteiger partial charge on any atom is -0.508 e. The summed E-state index contributed by atoms with van der Waals surface area (Å²) in [7, 11) is 0. The molecule has 14 heavy (non-hydrogen) atoms. The SMILES string of the molecule is CCCCn1ccc2ccc(O)cc21. The lowest BCUT2D eigenvalue weighted by molar-refractivity contribution is 0.475. The van der Waals surface area contributed by atoms with Gasteiger partial charge in [0.05, 0.1) is 5.52 Å². The van der Waals surface area contributed by atoms with Crippen LogP contribution in [0.4, 0.5) is 0 Å². The van der Waals surface area contributed by atoms with Gasteiger partial charge < -0.3 is 9.67 Å². The number of aryl methyl sites for hydroxylation is 1. The fourth-order valence-electron chi connectivity index (χ4n) is 1.70. The zero-order chi connectivity index (χ0) is 9.97. The van der Waals surface area contributed by atoms with Crippen LogP contribution in [-0.4, -0.2) is 9.67 Å². The normalized spacial score (nSPS) is 10.9. The van der Waals surface area contributed by atoms with Crippen LogP contribution in [0, 0.1) is 0 Å². The van der Waals surface area contributed by atoms with Crippen molar-refractivity contribution >= 4 is 10.9 Å². The molecule has 2 rings (SSSR count). The average Bonchev–Trinajstić information content (AvgIpc) is 2.57. The molecule has 0 aliphatic rings. The summed E-state index contributed by atoms with van der Waals surface area (Å²) < 4.78 is 2.19. The minimum absolute atomic E-state index is 0.342. The van der Waals surface area contributed by atoms with Gasteiger partial charge in [-0.3, -0.25) is 0 Å². The van der Waals surface area contributed by atoms with E-state index in [1.54, 1.807) is 6.07 Å². The molecular weight excluding hydrogens is 174 g/mol. The summed E-state index contributed by atoms with van der Waals surface area (Å²) in [5, 5.41) is 10.6. The maximum Gasteiger partial charge on any atom is 0.117 e. The summed E-state index contributed by atoms with van der Waals surface area (Å²) in [6, 6.07) is 7.59. The molecule has 1 heterocycles. The van der Waals surface area contributed by atoms with Crippen LogP contribution in [0.1, 0.15) is 19.8 Å². The van der Waals surface area contributed by atoms with Crippen LogP contribution in [0.5, 0.6) is 5.75 Å². The number of unbranched alkanes of at least 4 members (excludes halogenated alkanes) is 1. The molecule has 1 N–H and O–H groups in total. The van der Waals surface area contributed by atoms with Crippen LogP contribution >= 0.6 is 0 Å². The summed E-state index contributed by atoms with van der Waals surface area (Å²) >= 11 is 0. The number of phenols is 1. The molecule has 0 saturated carbocycles. The van der Waals surface area contributed by atoms with Gasteiger partial charge in [0.2, 0.25) is 0 Å². The molecule has 0 spiro atoms. The standard InChI is InChI=1S/C12H15NO/c1-2-3-7-13-8-6-10-4-5-11(14)9-12(10)13/h4-6,8-9,14H,2-3,7H2,1H3. The van der Waals surface area contributed by atoms with E-state index < -0.39 is 0 Å². The van der Waals surface area contributed by atoms with Crippen LogP contribution in [-0.2, 0) is 6.54 Å². The molecule has 1 aromatic heterocycles. The fraction of sp³-hybridized carbons (Fsp3) is 0.333. The predicted molar refractivity (Wildman–Crippen MR) is 58.5 cm³/mol. The summed E-state index contributed by atoms with van der Waals surface area (Å²) in [6.07, 6.45) is 4.46. The van der Waals surface area contributed by atoms with E-state index in [-0.39, 0.29) is 0 Å². The third-order valence-electron chi connectivity index (χ3n) is 2.51. The van der Waals surface area contributed by atoms with E-state index >= 15 is 0 Å². The lowest BCUT2D eigenvalue weighted by Gasteiger charge is -2.03. The molecule has 0 aliphatic heterocycles. The van der Waals surface area contributed by atoms with Gasteiger partial charge in [-0.1, -0.05) is 13.3 Å². The van der Waals surface area contributed by atoms with Crippen LogP contribution in [0.25, 0.3) is 10.9 Å². The Hall–Kier alpha value is -1.44. The Kier molecular flexibility index (Phi) is 2.44. The van der Waals surface area contributed by atoms with E-state index in [1.807, 2.05) is 12.1 Å². The van der Waals surface area contributed by atoms with Crippen molar-refractivity contribution in [2.24, 2.45) is 0 Å². The van der Waals surface area contributed by atoms with E-state index in [0.29, 0.717) is 5.75 Å². The Balaban J connectivity index is 2.40. The first-order valence-corrected chi connectivity index (χ1v) is 5.09. The lowest BCUT2D eigenvalue weighted by atomic mass is 10.2. The first-order valence-electron chi connectivity index (χ1n) is 5.09. The predicted octanol–water partition coefficient (Wildman–Crippen LogP) is 3.15. The number of fused-ring (bicyclic) bond motifs is 1. The molecule has 0 bridgehead atoms. The summed E-state index contributed by atoms with van der Waals surface area (Å²) in [6.45, 7) is 3.21. The highest BCUT2D eigenvalue weighted by molar-refractivity contribution is 5.81. The van der Waals surface area contributed by atoms with E-state index in [1.165, 1.54) is 18.2 Å². The van der Waals surface area contributed by atoms with Crippen molar-refractivity contribution in [3.8, 4) is 5.75 Å². The van der Waals surface area contributed by atoms with Crippen LogP contribution in [0.2, 0.25) is 0 Å². The highest BCUT2D eigenvalue weighted by Gasteiger charge is 2.00. The largest absolute Gasteiger partial charge is 0.508 e. The molecular formula is C12H15NO. The highest BCUT2D eigenvalue weighted by atomic mass is 16.3. The molecule has 0 atom stereocenters. The number of benzene rings is 1. The molecule has 2 aromatic rings. The van der Waals surface area contributed by atoms with E-state index in [0.717, 1.165) is 12.1 Å². The second-order valence-electron chi connectivity index (χ2n) is 3.61. The quantitative estimate of drug-likeness (QED) is 0.788. The van der Waals surface area contributed by atoms with Gasteiger partial charge >= 0.3 is 0 Å². The number of rotatable bonds is 3. The third kappa shape index (κ3) is 1.60. The Morgan fingerprint density at radius 3 is 2.93 bits per heavy atom. The van der Waals surface area contributed by atoms with Crippen molar-refractivity contribution in [3.05, 3.63) is 30.5 Å². The topological polar surface area (TPSA) is 25.2 Å². The van der Waals surface area contributed by atoms with Crippen LogP contribution in [0.3, 0.4) is 0 Å². The molecule has 0 fully saturated rings. The zero-order valence-electron chi connectivity index (χ0n) is 8.40. The Labute approximate surface area is 83.8 Å². The molecule has 0 unspecified atom stereocenters. The summed E-state index contributed by atoms with van der Waals surface area (Å²) in [5.41, 5.74) is 1.12. The summed E-state index contributed by atoms with van der Waals surface area (Å²) in [4.78, 5) is 0. The second kappa shape index (κ2) is 3.74. The minimum atomic E-state index is 0.342. The van der Waals surface area contributed by atoms with Crippen molar-refractivity contribution in [3.63, 3.8) is 0 Å². The molecule has 2 nitrogen and oxygen atoms in total. The number of hydrogen-bond acceptors (Lipinski definition) is 1. The molecule has 0 amide bonds. The number of hydrogen-bond donors (Lipinski definition) is 1. The highest BCUT2D eigenvalue weighted by Crippen LogP contribution is 2.21. The first-order chi connectivity index (χ1) is 6.81. The molecule has 74 valence electrons. The van der Waals surface area contributed by atoms with Gasteiger partial charge in [0.15, 0.2) is 0 Å². The molecule has 0 aliphatic carbocycles. The van der Waals surface area contributed by atoms with Crippen molar-refractivity contribution in [2.45, 2.75) is 26.3 Å². The van der Waals surface area contributed by atoms with Crippen molar-refractivity contribution in [1.82, 2.24) is 4.57 Å². The smallest absolute Gasteiger partial charge is 0.117 e. The van der Waals surface area contributed by atoms with Gasteiger partial charge in [-0.05, 0) is 30.0 Å². The van der Waals surface area contributed by atoms with Gasteiger partial charge in [-0.25, -0.2) is 0 Å². The van der Waals surface area contributed by atoms with Gasteiger partial charge in [-0.2, -0.15) is 0 Å². The zero-order valence-corrected chi connectivity index (χ0v) is 8.40. The Morgan fingerprint density at radius 1 is 1.29 bits per heavy atom. The van der Waals surface area contributed by atoms with Gasteiger partial charge in [0, 0.05) is 18.8 Å². The Morgan fingerprint density at radius 2 is 2.14 bits per heavy atom. The maximum absolute atomic E-state index is 9.39. The van der Waals surface area contributed by atoms with Crippen molar-refractivity contribution < 1.29 is 5.11 Å². The van der Waals surface area contributed by atoms with Crippen molar-refractivity contribution in [2.75, 3.05) is 0 Å². The monoisotopic (exact) mass is 189 g/mol. The Bertz CT molecular complexity index is 431. The average molecular weight is 189 g/mol. The number of phenolic OH excluding ortho intramolecular Hbond substituents is 1. The van der Waals surface area contributed by atoms with Crippen LogP contribution in [0.15, 0.2) is 30.5 Å². The number of nitrogens with zero attached hydrogens (tertiary/aromatic N) is 1. The first kappa shape index (κ1) is 9.13. The fourth-order valence-corrected chi connectivity index (χ4v) is 1.70. The number of aromatic hydroxyl groups is 1. The van der Waals surface area contributed by atoms with E-state index in [2.05, 4.69) is 23.8 Å². The summed E-state index contributed by atoms with van der Waals surface area (Å²) in [5.74, 6) is 0.342. The molecule has 0 saturated heterocycles. The maximum atomic E-state index is 9.39. The third-order valence-corrected chi connectivity index (χ3v) is 2.51. The molecule has 2 heteroatoms. The lowest BCUT2D eigenvalue weighted by Crippen LogP contribution is -1.94. The van der Waals surface area contributed by atoms with Crippen molar-refractivity contribution in [1.29, 1.82) is 0 Å². The second-order valence-corrected chi connectivity index (χ2v) is 3.61. The van der Waals surface area contributed by atoms with E-state index in [9.17, 15) is 5.11 Å². The van der Waals surface area contributed by atoms with E-state index in [4.69, 9.17) is 0 Å². The van der Waals surface area contributed by atoms with Gasteiger partial charge in [0.1, 0.15) is 5.75 Å². The molecule has 1 aromatic carbocycles.